The summed E-state index contributed by atoms with van der Waals surface area (Å²) in [7, 11) is 0. The van der Waals surface area contributed by atoms with Crippen molar-refractivity contribution in [3.05, 3.63) is 28.8 Å². The summed E-state index contributed by atoms with van der Waals surface area (Å²) in [6, 6.07) is 4.30. The van der Waals surface area contributed by atoms with E-state index in [0.717, 1.165) is 35.2 Å². The van der Waals surface area contributed by atoms with Crippen LogP contribution in [0.5, 0.6) is 0 Å². The molecule has 0 heterocycles. The van der Waals surface area contributed by atoms with E-state index in [1.807, 2.05) is 32.9 Å². The van der Waals surface area contributed by atoms with Crippen LogP contribution in [-0.4, -0.2) is 41.0 Å². The minimum atomic E-state index is -0.891. The van der Waals surface area contributed by atoms with E-state index >= 15 is 0 Å². The van der Waals surface area contributed by atoms with E-state index < -0.39 is 5.97 Å². The van der Waals surface area contributed by atoms with Crippen molar-refractivity contribution in [3.63, 3.8) is 0 Å². The molecule has 0 radical (unpaired) electrons. The first kappa shape index (κ1) is 15.5. The number of nitrogens with one attached hydrogen (secondary N) is 1. The fraction of sp³-hybridized carbons (Fsp3) is 0.500. The van der Waals surface area contributed by atoms with Crippen molar-refractivity contribution >= 4 is 17.6 Å². The lowest BCUT2D eigenvalue weighted by atomic mass is 10.1. The average molecular weight is 290 g/mol. The molecule has 0 atom stereocenters. The normalized spacial score (nSPS) is 14.3. The zero-order valence-corrected chi connectivity index (χ0v) is 12.8. The van der Waals surface area contributed by atoms with Gasteiger partial charge in [-0.05, 0) is 44.7 Å². The first-order valence-corrected chi connectivity index (χ1v) is 7.20. The van der Waals surface area contributed by atoms with Gasteiger partial charge in [0, 0.05) is 11.7 Å². The van der Waals surface area contributed by atoms with Crippen molar-refractivity contribution < 1.29 is 14.7 Å². The van der Waals surface area contributed by atoms with Gasteiger partial charge in [0.2, 0.25) is 5.91 Å². The quantitative estimate of drug-likeness (QED) is 0.842. The number of nitrogens with zero attached hydrogens (tertiary/aromatic N) is 1. The zero-order valence-electron chi connectivity index (χ0n) is 12.8. The van der Waals surface area contributed by atoms with E-state index in [9.17, 15) is 9.59 Å². The Morgan fingerprint density at radius 2 is 1.76 bits per heavy atom. The lowest BCUT2D eigenvalue weighted by Crippen LogP contribution is -2.38. The SMILES string of the molecule is Cc1cc(C)c(NC(=O)CN(CC(=O)O)C2CC2)c(C)c1. The molecule has 5 heteroatoms. The first-order chi connectivity index (χ1) is 9.86. The summed E-state index contributed by atoms with van der Waals surface area (Å²) in [6.07, 6.45) is 1.95. The molecule has 1 amide bonds. The average Bonchev–Trinajstić information content (AvgIpc) is 3.16. The van der Waals surface area contributed by atoms with Gasteiger partial charge in [-0.1, -0.05) is 17.7 Å². The van der Waals surface area contributed by atoms with Crippen LogP contribution in [-0.2, 0) is 9.59 Å². The Morgan fingerprint density at radius 3 is 2.24 bits per heavy atom. The van der Waals surface area contributed by atoms with Crippen LogP contribution in [0, 0.1) is 20.8 Å². The number of aryl methyl sites for hydroxylation is 3. The molecule has 1 saturated carbocycles. The summed E-state index contributed by atoms with van der Waals surface area (Å²) in [6.45, 7) is 6.00. The van der Waals surface area contributed by atoms with Crippen LogP contribution in [0.25, 0.3) is 0 Å². The summed E-state index contributed by atoms with van der Waals surface area (Å²) in [5, 5.41) is 11.8. The van der Waals surface area contributed by atoms with E-state index in [0.29, 0.717) is 0 Å². The second kappa shape index (κ2) is 6.26. The second-order valence-electron chi connectivity index (χ2n) is 5.85. The number of benzene rings is 1. The van der Waals surface area contributed by atoms with Gasteiger partial charge in [0.05, 0.1) is 13.1 Å². The minimum absolute atomic E-state index is 0.0794. The number of amides is 1. The highest BCUT2D eigenvalue weighted by molar-refractivity contribution is 5.94. The lowest BCUT2D eigenvalue weighted by Gasteiger charge is -2.20. The molecule has 0 saturated heterocycles. The van der Waals surface area contributed by atoms with Gasteiger partial charge in [0.15, 0.2) is 0 Å². The summed E-state index contributed by atoms with van der Waals surface area (Å²) < 4.78 is 0. The summed E-state index contributed by atoms with van der Waals surface area (Å²) in [5.41, 5.74) is 4.04. The van der Waals surface area contributed by atoms with Crippen molar-refractivity contribution in [1.82, 2.24) is 4.90 Å². The third kappa shape index (κ3) is 4.29. The maximum absolute atomic E-state index is 12.2. The molecule has 1 fully saturated rings. The van der Waals surface area contributed by atoms with Gasteiger partial charge < -0.3 is 10.4 Å². The Hall–Kier alpha value is -1.88. The van der Waals surface area contributed by atoms with Gasteiger partial charge in [-0.3, -0.25) is 14.5 Å². The number of carboxylic acid groups (broad SMARTS) is 1. The monoisotopic (exact) mass is 290 g/mol. The van der Waals surface area contributed by atoms with Crippen molar-refractivity contribution in [2.45, 2.75) is 39.7 Å². The van der Waals surface area contributed by atoms with Gasteiger partial charge in [0.1, 0.15) is 0 Å². The van der Waals surface area contributed by atoms with Crippen LogP contribution < -0.4 is 5.32 Å². The van der Waals surface area contributed by atoms with Gasteiger partial charge in [-0.2, -0.15) is 0 Å². The number of rotatable bonds is 6. The van der Waals surface area contributed by atoms with Gasteiger partial charge in [-0.15, -0.1) is 0 Å². The molecule has 0 aromatic heterocycles. The predicted octanol–water partition coefficient (Wildman–Crippen LogP) is 2.10. The Labute approximate surface area is 125 Å². The zero-order chi connectivity index (χ0) is 15.6. The summed E-state index contributed by atoms with van der Waals surface area (Å²) >= 11 is 0. The Kier molecular flexibility index (Phi) is 4.63. The lowest BCUT2D eigenvalue weighted by molar-refractivity contribution is -0.138. The maximum Gasteiger partial charge on any atom is 0.317 e. The molecular formula is C16H22N2O3. The Balaban J connectivity index is 2.02. The van der Waals surface area contributed by atoms with E-state index in [2.05, 4.69) is 5.32 Å². The number of carbonyl (C=O) groups is 2. The number of hydrogen-bond donors (Lipinski definition) is 2. The van der Waals surface area contributed by atoms with Crippen molar-refractivity contribution in [3.8, 4) is 0 Å². The Morgan fingerprint density at radius 1 is 1.19 bits per heavy atom. The molecule has 5 nitrogen and oxygen atoms in total. The molecule has 2 N–H and O–H groups in total. The highest BCUT2D eigenvalue weighted by atomic mass is 16.4. The van der Waals surface area contributed by atoms with Crippen molar-refractivity contribution in [1.29, 1.82) is 0 Å². The van der Waals surface area contributed by atoms with Crippen LogP contribution >= 0.6 is 0 Å². The van der Waals surface area contributed by atoms with Gasteiger partial charge in [-0.25, -0.2) is 0 Å². The van der Waals surface area contributed by atoms with Crippen LogP contribution in [0.15, 0.2) is 12.1 Å². The molecule has 21 heavy (non-hydrogen) atoms. The fourth-order valence-electron chi connectivity index (χ4n) is 2.67. The maximum atomic E-state index is 12.2. The first-order valence-electron chi connectivity index (χ1n) is 7.20. The summed E-state index contributed by atoms with van der Waals surface area (Å²) in [4.78, 5) is 24.8. The van der Waals surface area contributed by atoms with Crippen molar-refractivity contribution in [2.75, 3.05) is 18.4 Å². The molecule has 0 aliphatic heterocycles. The molecule has 0 bridgehead atoms. The van der Waals surface area contributed by atoms with Gasteiger partial charge >= 0.3 is 5.97 Å². The van der Waals surface area contributed by atoms with Crippen LogP contribution in [0.2, 0.25) is 0 Å². The predicted molar refractivity (Wildman–Crippen MR) is 81.5 cm³/mol. The molecular weight excluding hydrogens is 268 g/mol. The fourth-order valence-corrected chi connectivity index (χ4v) is 2.67. The van der Waals surface area contributed by atoms with E-state index in [1.54, 1.807) is 4.90 Å². The topological polar surface area (TPSA) is 69.6 Å². The molecule has 1 aliphatic carbocycles. The Bertz CT molecular complexity index is 542. The number of carbonyl (C=O) groups excluding carboxylic acids is 1. The molecule has 114 valence electrons. The largest absolute Gasteiger partial charge is 0.480 e. The number of carboxylic acids is 1. The number of aliphatic carboxylic acids is 1. The van der Waals surface area contributed by atoms with Crippen LogP contribution in [0.1, 0.15) is 29.5 Å². The smallest absolute Gasteiger partial charge is 0.317 e. The minimum Gasteiger partial charge on any atom is -0.480 e. The van der Waals surface area contributed by atoms with Crippen LogP contribution in [0.3, 0.4) is 0 Å². The molecule has 1 aromatic carbocycles. The molecule has 1 aromatic rings. The highest BCUT2D eigenvalue weighted by Crippen LogP contribution is 2.27. The van der Waals surface area contributed by atoms with Gasteiger partial charge in [0.25, 0.3) is 0 Å². The number of hydrogen-bond acceptors (Lipinski definition) is 3. The highest BCUT2D eigenvalue weighted by Gasteiger charge is 2.31. The summed E-state index contributed by atoms with van der Waals surface area (Å²) in [5.74, 6) is -1.05. The van der Waals surface area contributed by atoms with E-state index in [4.69, 9.17) is 5.11 Å². The number of anilines is 1. The molecule has 2 rings (SSSR count). The third-order valence-corrected chi connectivity index (χ3v) is 3.69. The van der Waals surface area contributed by atoms with E-state index in [1.165, 1.54) is 0 Å². The second-order valence-corrected chi connectivity index (χ2v) is 5.85. The van der Waals surface area contributed by atoms with Crippen LogP contribution in [0.4, 0.5) is 5.69 Å². The van der Waals surface area contributed by atoms with E-state index in [-0.39, 0.29) is 25.0 Å². The third-order valence-electron chi connectivity index (χ3n) is 3.69. The van der Waals surface area contributed by atoms with Crippen molar-refractivity contribution in [2.24, 2.45) is 0 Å². The molecule has 1 aliphatic rings. The standard InChI is InChI=1S/C16H22N2O3/c1-10-6-11(2)16(12(3)7-10)17-14(19)8-18(9-15(20)21)13-4-5-13/h6-7,13H,4-5,8-9H2,1-3H3,(H,17,19)(H,20,21). The molecule has 0 spiro atoms. The molecule has 0 unspecified atom stereocenters.